The minimum Gasteiger partial charge on any atom is -0.392 e. The second-order valence-electron chi connectivity index (χ2n) is 3.55. The normalized spacial score (nSPS) is 19.6. The fourth-order valence-corrected chi connectivity index (χ4v) is 3.09. The summed E-state index contributed by atoms with van der Waals surface area (Å²) in [6.45, 7) is 1.16. The fourth-order valence-electron chi connectivity index (χ4n) is 1.53. The van der Waals surface area contributed by atoms with Gasteiger partial charge in [0.05, 0.1) is 18.2 Å². The summed E-state index contributed by atoms with van der Waals surface area (Å²) in [5, 5.41) is 8.93. The van der Waals surface area contributed by atoms with Crippen LogP contribution in [0.2, 0.25) is 0 Å². The van der Waals surface area contributed by atoms with Crippen LogP contribution < -0.4 is 0 Å². The van der Waals surface area contributed by atoms with Crippen LogP contribution in [0.3, 0.4) is 0 Å². The van der Waals surface area contributed by atoms with Gasteiger partial charge in [0.15, 0.2) is 5.03 Å². The predicted octanol–water partition coefficient (Wildman–Crippen LogP) is -0.393. The predicted molar refractivity (Wildman–Crippen MR) is 54.1 cm³/mol. The van der Waals surface area contributed by atoms with Crippen LogP contribution in [0.1, 0.15) is 17.3 Å². The molecule has 0 aromatic carbocycles. The molecule has 1 aliphatic rings. The van der Waals surface area contributed by atoms with Gasteiger partial charge >= 0.3 is 0 Å². The molecule has 0 saturated heterocycles. The lowest BCUT2D eigenvalue weighted by Gasteiger charge is -2.15. The third-order valence-corrected chi connectivity index (χ3v) is 3.90. The van der Waals surface area contributed by atoms with Crippen LogP contribution in [0, 0.1) is 0 Å². The number of hydrogen-bond donors (Lipinski definition) is 1. The summed E-state index contributed by atoms with van der Waals surface area (Å²) in [5.74, 6) is -0.635. The molecule has 1 atom stereocenters. The van der Waals surface area contributed by atoms with Gasteiger partial charge in [0.2, 0.25) is 0 Å². The zero-order chi connectivity index (χ0) is 11.9. The van der Waals surface area contributed by atoms with E-state index < -0.39 is 22.0 Å². The first-order valence-electron chi connectivity index (χ1n) is 4.64. The van der Waals surface area contributed by atoms with Gasteiger partial charge in [-0.1, -0.05) is 0 Å². The molecule has 1 aromatic heterocycles. The van der Waals surface area contributed by atoms with Crippen molar-refractivity contribution in [3.05, 3.63) is 23.9 Å². The Morgan fingerprint density at radius 1 is 1.56 bits per heavy atom. The van der Waals surface area contributed by atoms with Gasteiger partial charge in [-0.05, 0) is 19.1 Å². The summed E-state index contributed by atoms with van der Waals surface area (Å²) < 4.78 is 24.4. The first kappa shape index (κ1) is 11.0. The van der Waals surface area contributed by atoms with Gasteiger partial charge in [-0.2, -0.15) is 8.42 Å². The average molecular weight is 242 g/mol. The molecular formula is C9H10N2O4S. The molecule has 2 rings (SSSR count). The van der Waals surface area contributed by atoms with Crippen LogP contribution in [0.25, 0.3) is 0 Å². The second kappa shape index (κ2) is 3.53. The van der Waals surface area contributed by atoms with Crippen molar-refractivity contribution >= 4 is 15.9 Å². The number of pyridine rings is 1. The van der Waals surface area contributed by atoms with Crippen LogP contribution in [0.15, 0.2) is 23.4 Å². The second-order valence-corrected chi connectivity index (χ2v) is 5.32. The van der Waals surface area contributed by atoms with Crippen molar-refractivity contribution in [3.8, 4) is 0 Å². The van der Waals surface area contributed by atoms with Crippen LogP contribution in [-0.2, 0) is 10.0 Å². The highest BCUT2D eigenvalue weighted by Crippen LogP contribution is 2.27. The van der Waals surface area contributed by atoms with E-state index in [4.69, 9.17) is 5.11 Å². The number of nitrogens with zero attached hydrogens (tertiary/aromatic N) is 2. The number of aliphatic hydroxyl groups is 1. The molecule has 0 fully saturated rings. The average Bonchev–Trinajstić information content (AvgIpc) is 2.41. The van der Waals surface area contributed by atoms with E-state index in [9.17, 15) is 13.2 Å². The molecule has 1 N–H and O–H groups in total. The van der Waals surface area contributed by atoms with Gasteiger partial charge in [0.25, 0.3) is 15.9 Å². The zero-order valence-corrected chi connectivity index (χ0v) is 9.31. The van der Waals surface area contributed by atoms with E-state index in [0.29, 0.717) is 4.31 Å². The maximum Gasteiger partial charge on any atom is 0.285 e. The Bertz CT molecular complexity index is 538. The number of carbonyl (C=O) groups excluding carboxylic acids is 1. The molecule has 1 unspecified atom stereocenters. The van der Waals surface area contributed by atoms with Gasteiger partial charge in [0, 0.05) is 6.20 Å². The highest BCUT2D eigenvalue weighted by molar-refractivity contribution is 7.90. The Hall–Kier alpha value is -1.47. The zero-order valence-electron chi connectivity index (χ0n) is 8.49. The fraction of sp³-hybridized carbons (Fsp3) is 0.333. The van der Waals surface area contributed by atoms with Crippen molar-refractivity contribution in [2.75, 3.05) is 6.54 Å². The number of rotatable bonds is 2. The highest BCUT2D eigenvalue weighted by atomic mass is 32.2. The molecule has 1 aliphatic heterocycles. The Balaban J connectivity index is 2.54. The van der Waals surface area contributed by atoms with E-state index in [1.807, 2.05) is 0 Å². The Labute approximate surface area is 92.6 Å². The lowest BCUT2D eigenvalue weighted by molar-refractivity contribution is 0.0809. The van der Waals surface area contributed by atoms with Crippen molar-refractivity contribution in [2.24, 2.45) is 0 Å². The Morgan fingerprint density at radius 2 is 2.25 bits per heavy atom. The number of carbonyl (C=O) groups is 1. The van der Waals surface area contributed by atoms with Gasteiger partial charge in [-0.15, -0.1) is 0 Å². The number of fused-ring (bicyclic) bond motifs is 1. The van der Waals surface area contributed by atoms with Crippen molar-refractivity contribution < 1.29 is 18.3 Å². The first-order chi connectivity index (χ1) is 7.44. The van der Waals surface area contributed by atoms with Gasteiger partial charge in [-0.3, -0.25) is 4.79 Å². The number of aliphatic hydroxyl groups excluding tert-OH is 1. The third-order valence-electron chi connectivity index (χ3n) is 2.19. The summed E-state index contributed by atoms with van der Waals surface area (Å²) in [5.41, 5.74) is 0.0585. The molecule has 1 amide bonds. The van der Waals surface area contributed by atoms with Crippen LogP contribution in [-0.4, -0.2) is 41.4 Å². The van der Waals surface area contributed by atoms with Crippen LogP contribution in [0.5, 0.6) is 0 Å². The van der Waals surface area contributed by atoms with Gasteiger partial charge in [-0.25, -0.2) is 9.29 Å². The molecule has 0 radical (unpaired) electrons. The molecule has 2 heterocycles. The Kier molecular flexibility index (Phi) is 2.43. The van der Waals surface area contributed by atoms with E-state index in [1.54, 1.807) is 0 Å². The number of amides is 1. The maximum atomic E-state index is 11.9. The quantitative estimate of drug-likeness (QED) is 0.763. The molecule has 0 bridgehead atoms. The van der Waals surface area contributed by atoms with E-state index in [1.165, 1.54) is 25.3 Å². The largest absolute Gasteiger partial charge is 0.392 e. The van der Waals surface area contributed by atoms with Crippen LogP contribution >= 0.6 is 0 Å². The van der Waals surface area contributed by atoms with Crippen LogP contribution in [0.4, 0.5) is 0 Å². The number of hydrogen-bond acceptors (Lipinski definition) is 5. The topological polar surface area (TPSA) is 87.6 Å². The van der Waals surface area contributed by atoms with Gasteiger partial charge < -0.3 is 5.11 Å². The molecule has 1 aromatic rings. The summed E-state index contributed by atoms with van der Waals surface area (Å²) in [4.78, 5) is 15.4. The number of sulfonamides is 1. The first-order valence-corrected chi connectivity index (χ1v) is 6.08. The molecular weight excluding hydrogens is 232 g/mol. The molecule has 86 valence electrons. The SMILES string of the molecule is CC(O)CN1C(=O)c2cccnc2S1(=O)=O. The van der Waals surface area contributed by atoms with Crippen molar-refractivity contribution in [1.82, 2.24) is 9.29 Å². The standard InChI is InChI=1S/C9H10N2O4S/c1-6(12)5-11-9(13)7-3-2-4-10-8(7)16(11,14)15/h2-4,6,12H,5H2,1H3. The van der Waals surface area contributed by atoms with E-state index in [2.05, 4.69) is 4.98 Å². The summed E-state index contributed by atoms with van der Waals surface area (Å²) in [7, 11) is -3.88. The lowest BCUT2D eigenvalue weighted by atomic mass is 10.2. The minimum absolute atomic E-state index is 0.0585. The summed E-state index contributed by atoms with van der Waals surface area (Å²) >= 11 is 0. The monoisotopic (exact) mass is 242 g/mol. The third kappa shape index (κ3) is 1.48. The van der Waals surface area contributed by atoms with Gasteiger partial charge in [0.1, 0.15) is 0 Å². The molecule has 7 heteroatoms. The lowest BCUT2D eigenvalue weighted by Crippen LogP contribution is -2.35. The Morgan fingerprint density at radius 3 is 2.81 bits per heavy atom. The van der Waals surface area contributed by atoms with E-state index in [-0.39, 0.29) is 17.1 Å². The minimum atomic E-state index is -3.88. The number of β-amino-alcohol motifs (C(OH)–C–C–N with tert-alkyl or cyclic N) is 1. The summed E-state index contributed by atoms with van der Waals surface area (Å²) in [6, 6.07) is 2.91. The highest BCUT2D eigenvalue weighted by Gasteiger charge is 2.42. The van der Waals surface area contributed by atoms with Crippen molar-refractivity contribution in [3.63, 3.8) is 0 Å². The van der Waals surface area contributed by atoms with Crippen molar-refractivity contribution in [2.45, 2.75) is 18.1 Å². The van der Waals surface area contributed by atoms with E-state index in [0.717, 1.165) is 0 Å². The molecule has 0 saturated carbocycles. The maximum absolute atomic E-state index is 11.9. The molecule has 0 spiro atoms. The molecule has 16 heavy (non-hydrogen) atoms. The molecule has 6 nitrogen and oxygen atoms in total. The molecule has 0 aliphatic carbocycles. The number of aromatic nitrogens is 1. The smallest absolute Gasteiger partial charge is 0.285 e. The van der Waals surface area contributed by atoms with E-state index >= 15 is 0 Å². The summed E-state index contributed by atoms with van der Waals surface area (Å²) in [6.07, 6.45) is 0.406. The van der Waals surface area contributed by atoms with Crippen molar-refractivity contribution in [1.29, 1.82) is 0 Å².